The molecule has 0 saturated heterocycles. The van der Waals surface area contributed by atoms with E-state index >= 15 is 0 Å². The Morgan fingerprint density at radius 2 is 0.374 bits per heavy atom. The molecule has 0 spiro atoms. The Kier molecular flexibility index (Phi) is 93.4. The highest BCUT2D eigenvalue weighted by Gasteiger charge is 2.26. The molecule has 0 bridgehead atoms. The summed E-state index contributed by atoms with van der Waals surface area (Å²) in [6.45, 7) is 78.0. The second-order valence-corrected chi connectivity index (χ2v) is 28.0. The maximum atomic E-state index is 11.8. The number of hydrogen-bond acceptors (Lipinski definition) is 3. The second kappa shape index (κ2) is 92.1. The van der Waals surface area contributed by atoms with E-state index in [4.69, 9.17) is 0 Å². The maximum Gasteiger partial charge on any atom is 0.167 e. The van der Waals surface area contributed by atoms with E-state index in [9.17, 15) is 9.59 Å². The van der Waals surface area contributed by atoms with Crippen molar-refractivity contribution in [2.75, 3.05) is 0 Å². The van der Waals surface area contributed by atoms with Crippen molar-refractivity contribution in [2.24, 2.45) is 0 Å². The number of benzene rings is 14. The molecule has 2 nitrogen and oxygen atoms in total. The van der Waals surface area contributed by atoms with Gasteiger partial charge < -0.3 is 0 Å². The first kappa shape index (κ1) is 133. The molecule has 712 valence electrons. The van der Waals surface area contributed by atoms with Crippen LogP contribution in [0.2, 0.25) is 0 Å². The van der Waals surface area contributed by atoms with E-state index in [1.807, 2.05) is 364 Å². The van der Waals surface area contributed by atoms with E-state index in [1.54, 1.807) is 11.8 Å². The summed E-state index contributed by atoms with van der Waals surface area (Å²) in [4.78, 5) is 26.2. The van der Waals surface area contributed by atoms with E-state index in [-0.39, 0.29) is 22.4 Å². The van der Waals surface area contributed by atoms with Crippen LogP contribution in [0.4, 0.5) is 0 Å². The Labute approximate surface area is 812 Å². The fourth-order valence-corrected chi connectivity index (χ4v) is 12.6. The molecular formula is C128H182O2S. The van der Waals surface area contributed by atoms with Crippen molar-refractivity contribution in [2.45, 2.75) is 297 Å². The lowest BCUT2D eigenvalue weighted by Crippen LogP contribution is -2.21. The molecule has 0 amide bonds. The third kappa shape index (κ3) is 59.7. The van der Waals surface area contributed by atoms with Gasteiger partial charge >= 0.3 is 0 Å². The van der Waals surface area contributed by atoms with E-state index in [0.29, 0.717) is 12.8 Å². The molecule has 0 aliphatic heterocycles. The number of hydrogen-bond donors (Lipinski definition) is 0. The number of carbonyl (C=O) groups excluding carboxylic acids is 2. The van der Waals surface area contributed by atoms with Gasteiger partial charge in [0, 0.05) is 44.6 Å². The van der Waals surface area contributed by atoms with E-state index in [0.717, 1.165) is 22.3 Å². The molecule has 14 rings (SSSR count). The van der Waals surface area contributed by atoms with Crippen LogP contribution in [0, 0.1) is 41.5 Å². The van der Waals surface area contributed by atoms with Crippen LogP contribution in [-0.2, 0) is 23.7 Å². The maximum absolute atomic E-state index is 11.8. The van der Waals surface area contributed by atoms with Gasteiger partial charge in [-0.15, -0.1) is 0 Å². The summed E-state index contributed by atoms with van der Waals surface area (Å²) in [5.74, 6) is 0.337. The lowest BCUT2D eigenvalue weighted by Gasteiger charge is -2.29. The Morgan fingerprint density at radius 1 is 0.191 bits per heavy atom. The normalized spacial score (nSPS) is 8.84. The molecule has 3 heteroatoms. The smallest absolute Gasteiger partial charge is 0.167 e. The third-order valence-electron chi connectivity index (χ3n) is 17.5. The van der Waals surface area contributed by atoms with Crippen LogP contribution in [0.25, 0.3) is 22.3 Å². The van der Waals surface area contributed by atoms with Crippen molar-refractivity contribution in [3.8, 4) is 22.3 Å². The van der Waals surface area contributed by atoms with Gasteiger partial charge in [0.1, 0.15) is 0 Å². The SMILES string of the molecule is CC.CC.CC.CC.CC.CC.CC.CC.CC.CC.CC.CC.CC.CC.CC(C)(c1ccccc1)c1ccc(C(C)(C)c2ccccc2)cc1.Cc1cc(C)cc(-c2cc(C)cc(C)c2)c1.Cc1cccc(-c2cccc(C)c2)c1.O=C(Cc1ccccc1)c1ccccc1.O=C(Cc1ccccc1)c1ccccc1.c1ccc(Sc2ccccc2)cc1.c1ccccc1. The zero-order valence-electron chi connectivity index (χ0n) is 89.6. The van der Waals surface area contributed by atoms with Gasteiger partial charge in [0.2, 0.25) is 0 Å². The highest BCUT2D eigenvalue weighted by Crippen LogP contribution is 2.36. The van der Waals surface area contributed by atoms with Crippen LogP contribution in [-0.4, -0.2) is 11.6 Å². The zero-order valence-corrected chi connectivity index (χ0v) is 90.4. The molecule has 0 N–H and O–H groups in total. The van der Waals surface area contributed by atoms with Crippen LogP contribution in [0.15, 0.2) is 398 Å². The quantitative estimate of drug-likeness (QED) is 0.102. The van der Waals surface area contributed by atoms with Crippen LogP contribution in [0.1, 0.15) is 309 Å². The van der Waals surface area contributed by atoms with E-state index in [1.165, 1.54) is 87.7 Å². The summed E-state index contributed by atoms with van der Waals surface area (Å²) in [7, 11) is 0. The van der Waals surface area contributed by atoms with Gasteiger partial charge in [-0.1, -0.05) is 631 Å². The Bertz CT molecular complexity index is 4380. The summed E-state index contributed by atoms with van der Waals surface area (Å²) < 4.78 is 0. The summed E-state index contributed by atoms with van der Waals surface area (Å²) in [5, 5.41) is 0. The summed E-state index contributed by atoms with van der Waals surface area (Å²) in [6.07, 6.45) is 0.954. The second-order valence-electron chi connectivity index (χ2n) is 26.8. The molecule has 0 aliphatic rings. The van der Waals surface area contributed by atoms with Gasteiger partial charge in [-0.05, 0) is 121 Å². The van der Waals surface area contributed by atoms with Crippen molar-refractivity contribution in [1.29, 1.82) is 0 Å². The number of aryl methyl sites for hydroxylation is 6. The highest BCUT2D eigenvalue weighted by atomic mass is 32.2. The van der Waals surface area contributed by atoms with Gasteiger partial charge in [-0.2, -0.15) is 0 Å². The van der Waals surface area contributed by atoms with Gasteiger partial charge in [0.15, 0.2) is 11.6 Å². The molecule has 0 aromatic heterocycles. The number of Topliss-reactive ketones (excluding diaryl/α,β-unsaturated/α-hetero) is 2. The van der Waals surface area contributed by atoms with Crippen LogP contribution >= 0.6 is 11.8 Å². The third-order valence-corrected chi connectivity index (χ3v) is 18.5. The Balaban J connectivity index is -0.000000265. The van der Waals surface area contributed by atoms with E-state index in [2.05, 4.69) is 288 Å². The average Bonchev–Trinajstić information content (AvgIpc) is 0.782. The Hall–Kier alpha value is -11.2. The van der Waals surface area contributed by atoms with Gasteiger partial charge in [0.25, 0.3) is 0 Å². The Morgan fingerprint density at radius 3 is 0.595 bits per heavy atom. The molecule has 0 radical (unpaired) electrons. The molecule has 14 aromatic rings. The predicted molar refractivity (Wildman–Crippen MR) is 600 cm³/mol. The number of carbonyl (C=O) groups is 2. The molecule has 0 fully saturated rings. The topological polar surface area (TPSA) is 34.1 Å². The van der Waals surface area contributed by atoms with Gasteiger partial charge in [0.05, 0.1) is 0 Å². The molecule has 14 aromatic carbocycles. The summed E-state index contributed by atoms with van der Waals surface area (Å²) in [5.41, 5.74) is 22.3. The summed E-state index contributed by atoms with van der Waals surface area (Å²) >= 11 is 1.79. The lowest BCUT2D eigenvalue weighted by molar-refractivity contribution is 0.0984. The molecule has 0 heterocycles. The van der Waals surface area contributed by atoms with Crippen molar-refractivity contribution < 1.29 is 9.59 Å². The minimum absolute atomic E-state index is 0.0106. The van der Waals surface area contributed by atoms with Crippen molar-refractivity contribution in [3.05, 3.63) is 466 Å². The first-order chi connectivity index (χ1) is 63.9. The highest BCUT2D eigenvalue weighted by molar-refractivity contribution is 7.99. The monoisotopic (exact) mass is 1780 g/mol. The fraction of sp³-hybridized carbons (Fsp3) is 0.328. The van der Waals surface area contributed by atoms with Crippen LogP contribution in [0.3, 0.4) is 0 Å². The summed E-state index contributed by atoms with van der Waals surface area (Å²) in [6, 6.07) is 132. The minimum atomic E-state index is 0.0106. The van der Waals surface area contributed by atoms with Crippen molar-refractivity contribution in [1.82, 2.24) is 0 Å². The molecule has 0 saturated carbocycles. The van der Waals surface area contributed by atoms with Gasteiger partial charge in [-0.25, -0.2) is 0 Å². The first-order valence-electron chi connectivity index (χ1n) is 49.4. The van der Waals surface area contributed by atoms with E-state index < -0.39 is 0 Å². The molecular weight excluding hydrogens is 1600 g/mol. The first-order valence-corrected chi connectivity index (χ1v) is 50.3. The van der Waals surface area contributed by atoms with Crippen molar-refractivity contribution >= 4 is 23.3 Å². The van der Waals surface area contributed by atoms with Crippen LogP contribution < -0.4 is 0 Å². The molecule has 0 unspecified atom stereocenters. The lowest BCUT2D eigenvalue weighted by atomic mass is 9.75. The van der Waals surface area contributed by atoms with Gasteiger partial charge in [-0.3, -0.25) is 9.59 Å². The molecule has 0 aliphatic carbocycles. The molecule has 131 heavy (non-hydrogen) atoms. The van der Waals surface area contributed by atoms with Crippen molar-refractivity contribution in [3.63, 3.8) is 0 Å². The molecule has 0 atom stereocenters. The number of ketones is 2. The van der Waals surface area contributed by atoms with Crippen LogP contribution in [0.5, 0.6) is 0 Å². The minimum Gasteiger partial charge on any atom is -0.294 e. The largest absolute Gasteiger partial charge is 0.294 e. The fourth-order valence-electron chi connectivity index (χ4n) is 11.8. The average molecular weight is 1780 g/mol. The zero-order chi connectivity index (χ0) is 101. The number of rotatable bonds is 14. The standard InChI is InChI=1S/C24H26.C16H18.2C14H12O.C14H14.C12H10S.C6H6.14C2H6/c1-23(2,19-11-7-5-8-12-19)21-15-17-22(18-16-21)24(3,4)20-13-9-6-10-14-20;1-11-5-12(2)8-15(7-11)16-9-13(3)6-14(4)10-16;2*15-14(13-9-5-2-6-10-13)11-12-7-3-1-4-8-12;1-11-5-3-7-13(9-11)14-8-4-6-12(2)10-14;1-3-7-11(8-4-1)13-12-9-5-2-6-10-12;1-2-4-6-5-3-1;14*1-2/h5-18H,1-4H3;5-10H,1-4H3;2*1-10H,11H2;3-10H,1-2H3;1-10H;1-6H;14*1-2H3. The predicted octanol–water partition coefficient (Wildman–Crippen LogP) is 41.0.